The van der Waals surface area contributed by atoms with E-state index in [0.717, 1.165) is 24.8 Å². The molecule has 5 nitrogen and oxygen atoms in total. The van der Waals surface area contributed by atoms with Crippen molar-refractivity contribution in [3.05, 3.63) is 47.1 Å². The van der Waals surface area contributed by atoms with E-state index in [9.17, 15) is 15.0 Å². The van der Waals surface area contributed by atoms with Crippen LogP contribution in [0.25, 0.3) is 0 Å². The third kappa shape index (κ3) is 6.66. The number of fused-ring (bicyclic) bond motifs is 1. The number of rotatable bonds is 6. The van der Waals surface area contributed by atoms with Crippen LogP contribution < -0.4 is 0 Å². The topological polar surface area (TPSA) is 76.0 Å². The lowest BCUT2D eigenvalue weighted by Gasteiger charge is -2.41. The van der Waals surface area contributed by atoms with Crippen molar-refractivity contribution in [2.45, 2.75) is 118 Å². The van der Waals surface area contributed by atoms with E-state index in [4.69, 9.17) is 9.47 Å². The number of allylic oxidation sites excluding steroid dienone is 5. The summed E-state index contributed by atoms with van der Waals surface area (Å²) in [5.41, 5.74) is 4.12. The number of carbonyl (C=O) groups is 1. The van der Waals surface area contributed by atoms with Crippen LogP contribution >= 0.6 is 0 Å². The highest BCUT2D eigenvalue weighted by Crippen LogP contribution is 2.55. The van der Waals surface area contributed by atoms with Gasteiger partial charge in [-0.2, -0.15) is 0 Å². The highest BCUT2D eigenvalue weighted by molar-refractivity contribution is 5.71. The van der Waals surface area contributed by atoms with Crippen molar-refractivity contribution in [1.82, 2.24) is 0 Å². The minimum absolute atomic E-state index is 0.0283. The second kappa shape index (κ2) is 10.8. The van der Waals surface area contributed by atoms with Crippen LogP contribution in [0.3, 0.4) is 0 Å². The first kappa shape index (κ1) is 29.9. The highest BCUT2D eigenvalue weighted by Gasteiger charge is 2.44. The van der Waals surface area contributed by atoms with Crippen LogP contribution in [0.4, 0.5) is 0 Å². The predicted octanol–water partition coefficient (Wildman–Crippen LogP) is 6.81. The summed E-state index contributed by atoms with van der Waals surface area (Å²) in [7, 11) is 0. The fraction of sp³-hybridized carbons (Fsp3) is 0.719. The molecule has 3 aliphatic carbocycles. The molecular formula is C32H50O5. The van der Waals surface area contributed by atoms with Gasteiger partial charge in [0.15, 0.2) is 5.79 Å². The first-order valence-corrected chi connectivity index (χ1v) is 14.0. The third-order valence-corrected chi connectivity index (χ3v) is 8.67. The number of hydrogen-bond acceptors (Lipinski definition) is 5. The Balaban J connectivity index is 1.71. The molecule has 3 rings (SSSR count). The first-order valence-electron chi connectivity index (χ1n) is 14.0. The molecule has 4 atom stereocenters. The van der Waals surface area contributed by atoms with Gasteiger partial charge in [0.1, 0.15) is 12.7 Å². The van der Waals surface area contributed by atoms with Crippen LogP contribution in [0.2, 0.25) is 0 Å². The Morgan fingerprint density at radius 1 is 1.22 bits per heavy atom. The lowest BCUT2D eigenvalue weighted by atomic mass is 9.64. The van der Waals surface area contributed by atoms with E-state index in [2.05, 4.69) is 32.6 Å². The van der Waals surface area contributed by atoms with Gasteiger partial charge in [0.05, 0.1) is 6.10 Å². The van der Waals surface area contributed by atoms with Crippen molar-refractivity contribution in [3.63, 3.8) is 0 Å². The number of aliphatic hydroxyl groups is 2. The van der Waals surface area contributed by atoms with Crippen LogP contribution in [0.15, 0.2) is 47.1 Å². The Labute approximate surface area is 224 Å². The Bertz CT molecular complexity index is 958. The lowest BCUT2D eigenvalue weighted by Crippen LogP contribution is -2.45. The Morgan fingerprint density at radius 2 is 1.86 bits per heavy atom. The summed E-state index contributed by atoms with van der Waals surface area (Å²) in [6.45, 7) is 20.6. The summed E-state index contributed by atoms with van der Waals surface area (Å²) < 4.78 is 11.5. The number of hydrogen-bond donors (Lipinski definition) is 2. The van der Waals surface area contributed by atoms with Crippen molar-refractivity contribution >= 4 is 5.97 Å². The molecule has 0 amide bonds. The maximum atomic E-state index is 12.7. The first-order chi connectivity index (χ1) is 17.0. The van der Waals surface area contributed by atoms with Gasteiger partial charge in [0.25, 0.3) is 0 Å². The van der Waals surface area contributed by atoms with E-state index >= 15 is 0 Å². The zero-order valence-corrected chi connectivity index (χ0v) is 24.4. The SMILES string of the molecule is C=C1C(=CC=C2CCC[C@]3(C)C(CC)=CC[C@@H]23)C[C@](O)(OCC(=O)OC(C(C)(C)C)C(C)(C)C)CC1O. The number of carbonyl (C=O) groups excluding carboxylic acids is 1. The van der Waals surface area contributed by atoms with E-state index in [1.165, 1.54) is 18.4 Å². The molecule has 2 fully saturated rings. The predicted molar refractivity (Wildman–Crippen MR) is 149 cm³/mol. The van der Waals surface area contributed by atoms with E-state index < -0.39 is 17.9 Å². The fourth-order valence-corrected chi connectivity index (χ4v) is 7.07. The molecule has 0 bridgehead atoms. The number of aliphatic hydroxyl groups excluding tert-OH is 1. The van der Waals surface area contributed by atoms with Crippen molar-refractivity contribution < 1.29 is 24.5 Å². The molecular weight excluding hydrogens is 464 g/mol. The molecule has 0 aromatic heterocycles. The average Bonchev–Trinajstić information content (AvgIpc) is 3.12. The Morgan fingerprint density at radius 3 is 2.46 bits per heavy atom. The van der Waals surface area contributed by atoms with Crippen LogP contribution in [0.5, 0.6) is 0 Å². The van der Waals surface area contributed by atoms with Gasteiger partial charge in [-0.05, 0) is 65.4 Å². The van der Waals surface area contributed by atoms with Crippen molar-refractivity contribution in [2.24, 2.45) is 22.2 Å². The quantitative estimate of drug-likeness (QED) is 0.231. The summed E-state index contributed by atoms with van der Waals surface area (Å²) in [6.07, 6.45) is 11.1. The maximum absolute atomic E-state index is 12.7. The third-order valence-electron chi connectivity index (χ3n) is 8.67. The Hall–Kier alpha value is -1.69. The second-order valence-corrected chi connectivity index (χ2v) is 13.8. The fourth-order valence-electron chi connectivity index (χ4n) is 7.07. The number of esters is 1. The van der Waals surface area contributed by atoms with Gasteiger partial charge in [-0.15, -0.1) is 0 Å². The zero-order valence-electron chi connectivity index (χ0n) is 24.4. The summed E-state index contributed by atoms with van der Waals surface area (Å²) in [4.78, 5) is 12.7. The normalized spacial score (nSPS) is 33.2. The van der Waals surface area contributed by atoms with E-state index in [0.29, 0.717) is 11.5 Å². The standard InChI is InChI=1S/C32H50O5/c1-10-24-15-16-25-22(12-11-17-31(24,25)9)13-14-23-18-32(35,19-26(33)21(23)2)36-20-27(34)37-28(29(3,4)5)30(6,7)8/h13-15,25-26,28,33,35H,2,10-12,16-20H2,1,3-9H3/t25-,26?,31+,32-/m0/s1. The minimum Gasteiger partial charge on any atom is -0.460 e. The summed E-state index contributed by atoms with van der Waals surface area (Å²) >= 11 is 0. The Kier molecular flexibility index (Phi) is 8.73. The van der Waals surface area contributed by atoms with Crippen LogP contribution in [-0.4, -0.2) is 40.8 Å². The smallest absolute Gasteiger partial charge is 0.332 e. The molecule has 2 saturated carbocycles. The zero-order chi connectivity index (χ0) is 27.8. The van der Waals surface area contributed by atoms with Gasteiger partial charge >= 0.3 is 5.97 Å². The summed E-state index contributed by atoms with van der Waals surface area (Å²) in [5.74, 6) is -1.66. The molecule has 0 heterocycles. The van der Waals surface area contributed by atoms with Crippen molar-refractivity contribution in [1.29, 1.82) is 0 Å². The summed E-state index contributed by atoms with van der Waals surface area (Å²) in [5, 5.41) is 21.9. The molecule has 5 heteroatoms. The maximum Gasteiger partial charge on any atom is 0.332 e. The molecule has 2 N–H and O–H groups in total. The van der Waals surface area contributed by atoms with Gasteiger partial charge < -0.3 is 19.7 Å². The molecule has 0 aromatic rings. The van der Waals surface area contributed by atoms with Gasteiger partial charge in [0.2, 0.25) is 0 Å². The summed E-state index contributed by atoms with van der Waals surface area (Å²) in [6, 6.07) is 0. The van der Waals surface area contributed by atoms with E-state index in [-0.39, 0.29) is 41.8 Å². The molecule has 0 spiro atoms. The van der Waals surface area contributed by atoms with E-state index in [1.807, 2.05) is 47.6 Å². The molecule has 0 saturated heterocycles. The molecule has 1 unspecified atom stereocenters. The number of ether oxygens (including phenoxy) is 2. The largest absolute Gasteiger partial charge is 0.460 e. The minimum atomic E-state index is -1.66. The van der Waals surface area contributed by atoms with Gasteiger partial charge in [0, 0.05) is 12.8 Å². The van der Waals surface area contributed by atoms with Gasteiger partial charge in [-0.25, -0.2) is 4.79 Å². The second-order valence-electron chi connectivity index (χ2n) is 13.8. The van der Waals surface area contributed by atoms with Crippen LogP contribution in [0, 0.1) is 22.2 Å². The van der Waals surface area contributed by atoms with Crippen LogP contribution in [-0.2, 0) is 14.3 Å². The van der Waals surface area contributed by atoms with E-state index in [1.54, 1.807) is 5.57 Å². The molecule has 3 aliphatic rings. The molecule has 0 radical (unpaired) electrons. The molecule has 0 aromatic carbocycles. The molecule has 208 valence electrons. The molecule has 37 heavy (non-hydrogen) atoms. The van der Waals surface area contributed by atoms with Crippen molar-refractivity contribution in [2.75, 3.05) is 6.61 Å². The lowest BCUT2D eigenvalue weighted by molar-refractivity contribution is -0.229. The van der Waals surface area contributed by atoms with Gasteiger partial charge in [-0.3, -0.25) is 0 Å². The average molecular weight is 515 g/mol. The highest BCUT2D eigenvalue weighted by atomic mass is 16.6. The monoisotopic (exact) mass is 514 g/mol. The molecule has 0 aliphatic heterocycles. The van der Waals surface area contributed by atoms with Gasteiger partial charge in [-0.1, -0.05) is 91.3 Å². The van der Waals surface area contributed by atoms with Crippen molar-refractivity contribution in [3.8, 4) is 0 Å². The van der Waals surface area contributed by atoms with Crippen LogP contribution in [0.1, 0.15) is 100 Å².